The molecule has 0 radical (unpaired) electrons. The van der Waals surface area contributed by atoms with Gasteiger partial charge in [0.05, 0.1) is 5.60 Å². The van der Waals surface area contributed by atoms with E-state index in [1.54, 1.807) is 7.11 Å². The molecule has 2 N–H and O–H groups in total. The number of rotatable bonds is 6. The van der Waals surface area contributed by atoms with E-state index in [0.717, 1.165) is 19.4 Å². The van der Waals surface area contributed by atoms with Crippen molar-refractivity contribution in [3.8, 4) is 0 Å². The van der Waals surface area contributed by atoms with Crippen LogP contribution in [0.3, 0.4) is 0 Å². The highest BCUT2D eigenvalue weighted by Gasteiger charge is 2.32. The molecule has 0 aromatic heterocycles. The van der Waals surface area contributed by atoms with Gasteiger partial charge in [0.2, 0.25) is 0 Å². The fraction of sp³-hybridized carbons (Fsp3) is 0.684. The van der Waals surface area contributed by atoms with Gasteiger partial charge in [0.25, 0.3) is 0 Å². The number of benzene rings is 1. The van der Waals surface area contributed by atoms with Crippen LogP contribution < -0.4 is 5.73 Å². The molecule has 0 spiro atoms. The molecule has 2 rings (SSSR count). The summed E-state index contributed by atoms with van der Waals surface area (Å²) in [5.74, 6) is 0. The molecule has 2 nitrogen and oxygen atoms in total. The van der Waals surface area contributed by atoms with Gasteiger partial charge < -0.3 is 10.5 Å². The smallest absolute Gasteiger partial charge is 0.0625 e. The summed E-state index contributed by atoms with van der Waals surface area (Å²) in [7, 11) is 1.79. The third kappa shape index (κ3) is 4.08. The summed E-state index contributed by atoms with van der Waals surface area (Å²) in [5.41, 5.74) is 9.16. The zero-order valence-corrected chi connectivity index (χ0v) is 14.0. The van der Waals surface area contributed by atoms with Crippen LogP contribution in [0.5, 0.6) is 0 Å². The molecule has 1 fully saturated rings. The van der Waals surface area contributed by atoms with Crippen LogP contribution in [0.25, 0.3) is 0 Å². The lowest BCUT2D eigenvalue weighted by Gasteiger charge is -2.37. The molecule has 0 aliphatic heterocycles. The Balaban J connectivity index is 2.04. The second-order valence-corrected chi connectivity index (χ2v) is 7.21. The van der Waals surface area contributed by atoms with E-state index in [1.165, 1.54) is 43.2 Å². The minimum atomic E-state index is -0.0411. The first-order chi connectivity index (χ1) is 10.0. The Kier molecular flexibility index (Phi) is 5.45. The van der Waals surface area contributed by atoms with Gasteiger partial charge in [0.1, 0.15) is 0 Å². The number of hydrogen-bond acceptors (Lipinski definition) is 2. The lowest BCUT2D eigenvalue weighted by Crippen LogP contribution is -2.37. The van der Waals surface area contributed by atoms with Crippen LogP contribution in [0, 0.1) is 0 Å². The van der Waals surface area contributed by atoms with Crippen molar-refractivity contribution in [3.63, 3.8) is 0 Å². The van der Waals surface area contributed by atoms with Crippen molar-refractivity contribution in [2.45, 2.75) is 69.8 Å². The van der Waals surface area contributed by atoms with E-state index < -0.39 is 0 Å². The molecule has 2 heteroatoms. The zero-order valence-electron chi connectivity index (χ0n) is 14.0. The average molecular weight is 289 g/mol. The molecular formula is C19H31NO. The highest BCUT2D eigenvalue weighted by molar-refractivity contribution is 5.30. The second-order valence-electron chi connectivity index (χ2n) is 7.21. The maximum absolute atomic E-state index is 6.13. The Morgan fingerprint density at radius 1 is 1.10 bits per heavy atom. The summed E-state index contributed by atoms with van der Waals surface area (Å²) >= 11 is 0. The quantitative estimate of drug-likeness (QED) is 0.851. The molecule has 0 atom stereocenters. The SMILES string of the molecule is COC(C)(C)CCc1ccc(C2(CN)CCCCC2)cc1. The Bertz CT molecular complexity index is 429. The van der Waals surface area contributed by atoms with Crippen LogP contribution in [0.4, 0.5) is 0 Å². The van der Waals surface area contributed by atoms with Gasteiger partial charge >= 0.3 is 0 Å². The van der Waals surface area contributed by atoms with E-state index in [2.05, 4.69) is 38.1 Å². The Labute approximate surface area is 130 Å². The molecule has 0 unspecified atom stereocenters. The third-order valence-electron chi connectivity index (χ3n) is 5.34. The lowest BCUT2D eigenvalue weighted by molar-refractivity contribution is 0.0158. The topological polar surface area (TPSA) is 35.2 Å². The fourth-order valence-corrected chi connectivity index (χ4v) is 3.41. The van der Waals surface area contributed by atoms with Gasteiger partial charge in [-0.25, -0.2) is 0 Å². The van der Waals surface area contributed by atoms with E-state index in [4.69, 9.17) is 10.5 Å². The van der Waals surface area contributed by atoms with Crippen molar-refractivity contribution >= 4 is 0 Å². The maximum Gasteiger partial charge on any atom is 0.0625 e. The predicted octanol–water partition coefficient (Wildman–Crippen LogP) is 4.20. The number of nitrogens with two attached hydrogens (primary N) is 1. The molecular weight excluding hydrogens is 258 g/mol. The number of methoxy groups -OCH3 is 1. The van der Waals surface area contributed by atoms with Crippen LogP contribution >= 0.6 is 0 Å². The average Bonchev–Trinajstić information content (AvgIpc) is 2.54. The summed E-state index contributed by atoms with van der Waals surface area (Å²) < 4.78 is 5.50. The van der Waals surface area contributed by atoms with Gasteiger partial charge in [-0.1, -0.05) is 43.5 Å². The molecule has 1 aromatic carbocycles. The largest absolute Gasteiger partial charge is 0.379 e. The first-order valence-corrected chi connectivity index (χ1v) is 8.36. The van der Waals surface area contributed by atoms with E-state index >= 15 is 0 Å². The maximum atomic E-state index is 6.13. The number of hydrogen-bond donors (Lipinski definition) is 1. The monoisotopic (exact) mass is 289 g/mol. The van der Waals surface area contributed by atoms with Gasteiger partial charge in [-0.2, -0.15) is 0 Å². The minimum Gasteiger partial charge on any atom is -0.379 e. The summed E-state index contributed by atoms with van der Waals surface area (Å²) in [4.78, 5) is 0. The Hall–Kier alpha value is -0.860. The summed E-state index contributed by atoms with van der Waals surface area (Å²) in [5, 5.41) is 0. The molecule has 0 heterocycles. The third-order valence-corrected chi connectivity index (χ3v) is 5.34. The molecule has 21 heavy (non-hydrogen) atoms. The number of aryl methyl sites for hydroxylation is 1. The normalized spacial score (nSPS) is 18.7. The molecule has 0 saturated heterocycles. The van der Waals surface area contributed by atoms with Crippen molar-refractivity contribution in [2.75, 3.05) is 13.7 Å². The highest BCUT2D eigenvalue weighted by Crippen LogP contribution is 2.38. The van der Waals surface area contributed by atoms with Crippen molar-refractivity contribution in [3.05, 3.63) is 35.4 Å². The van der Waals surface area contributed by atoms with Crippen molar-refractivity contribution in [1.82, 2.24) is 0 Å². The van der Waals surface area contributed by atoms with Gasteiger partial charge in [-0.15, -0.1) is 0 Å². The van der Waals surface area contributed by atoms with Gasteiger partial charge in [-0.05, 0) is 50.7 Å². The van der Waals surface area contributed by atoms with Crippen molar-refractivity contribution in [2.24, 2.45) is 5.73 Å². The predicted molar refractivity (Wildman–Crippen MR) is 89.7 cm³/mol. The van der Waals surface area contributed by atoms with Crippen LogP contribution in [-0.4, -0.2) is 19.3 Å². The summed E-state index contributed by atoms with van der Waals surface area (Å²) in [6.07, 6.45) is 8.62. The van der Waals surface area contributed by atoms with Crippen LogP contribution in [0.15, 0.2) is 24.3 Å². The highest BCUT2D eigenvalue weighted by atomic mass is 16.5. The Morgan fingerprint density at radius 2 is 1.71 bits per heavy atom. The first kappa shape index (κ1) is 16.5. The van der Waals surface area contributed by atoms with Gasteiger partial charge in [0, 0.05) is 19.1 Å². The molecule has 0 bridgehead atoms. The second kappa shape index (κ2) is 6.93. The molecule has 1 aromatic rings. The summed E-state index contributed by atoms with van der Waals surface area (Å²) in [6, 6.07) is 9.20. The van der Waals surface area contributed by atoms with E-state index in [0.29, 0.717) is 0 Å². The molecule has 118 valence electrons. The Morgan fingerprint density at radius 3 is 2.24 bits per heavy atom. The van der Waals surface area contributed by atoms with E-state index in [1.807, 2.05) is 0 Å². The fourth-order valence-electron chi connectivity index (χ4n) is 3.41. The number of ether oxygens (including phenoxy) is 1. The first-order valence-electron chi connectivity index (χ1n) is 8.36. The van der Waals surface area contributed by atoms with E-state index in [-0.39, 0.29) is 11.0 Å². The van der Waals surface area contributed by atoms with Crippen molar-refractivity contribution in [1.29, 1.82) is 0 Å². The van der Waals surface area contributed by atoms with Crippen LogP contribution in [0.2, 0.25) is 0 Å². The lowest BCUT2D eigenvalue weighted by atomic mass is 9.69. The minimum absolute atomic E-state index is 0.0411. The summed E-state index contributed by atoms with van der Waals surface area (Å²) in [6.45, 7) is 5.07. The van der Waals surface area contributed by atoms with Gasteiger partial charge in [0.15, 0.2) is 0 Å². The van der Waals surface area contributed by atoms with Crippen LogP contribution in [-0.2, 0) is 16.6 Å². The van der Waals surface area contributed by atoms with Crippen molar-refractivity contribution < 1.29 is 4.74 Å². The molecule has 0 amide bonds. The molecule has 1 aliphatic rings. The van der Waals surface area contributed by atoms with Gasteiger partial charge in [-0.3, -0.25) is 0 Å². The zero-order chi connectivity index (χ0) is 15.3. The molecule has 1 saturated carbocycles. The van der Waals surface area contributed by atoms with Crippen LogP contribution in [0.1, 0.15) is 63.5 Å². The van der Waals surface area contributed by atoms with E-state index in [9.17, 15) is 0 Å². The standard InChI is InChI=1S/C19H31NO/c1-18(2,21-3)14-11-16-7-9-17(10-8-16)19(15-20)12-5-4-6-13-19/h7-10H,4-6,11-15,20H2,1-3H3. The molecule has 1 aliphatic carbocycles.